The molecule has 2 bridgehead atoms. The summed E-state index contributed by atoms with van der Waals surface area (Å²) in [4.78, 5) is 12.2. The minimum absolute atomic E-state index is 0.0358. The lowest BCUT2D eigenvalue weighted by atomic mass is 9.84. The number of hydrogen-bond acceptors (Lipinski definition) is 1. The van der Waals surface area contributed by atoms with Crippen LogP contribution in [-0.2, 0) is 0 Å². The second kappa shape index (κ2) is 4.76. The molecule has 2 saturated carbocycles. The van der Waals surface area contributed by atoms with Crippen molar-refractivity contribution < 1.29 is 9.18 Å². The molecule has 1 aromatic carbocycles. The van der Waals surface area contributed by atoms with Crippen molar-refractivity contribution in [3.63, 3.8) is 0 Å². The van der Waals surface area contributed by atoms with Crippen LogP contribution in [0.5, 0.6) is 0 Å². The first-order chi connectivity index (χ1) is 8.63. The van der Waals surface area contributed by atoms with E-state index in [-0.39, 0.29) is 11.3 Å². The van der Waals surface area contributed by atoms with Crippen LogP contribution < -0.4 is 0 Å². The normalized spacial score (nSPS) is 29.8. The molecule has 2 aliphatic rings. The van der Waals surface area contributed by atoms with Crippen molar-refractivity contribution in [1.82, 2.24) is 0 Å². The number of carbonyl (C=O) groups excluding carboxylic acids is 1. The number of benzene rings is 1. The largest absolute Gasteiger partial charge is 0.294 e. The highest BCUT2D eigenvalue weighted by Crippen LogP contribution is 2.49. The fourth-order valence-corrected chi connectivity index (χ4v) is 4.05. The van der Waals surface area contributed by atoms with Crippen LogP contribution in [0, 0.1) is 23.6 Å². The van der Waals surface area contributed by atoms with Gasteiger partial charge in [0.2, 0.25) is 0 Å². The third-order valence-electron chi connectivity index (χ3n) is 4.56. The number of ketones is 1. The zero-order chi connectivity index (χ0) is 12.7. The van der Waals surface area contributed by atoms with E-state index in [0.29, 0.717) is 18.3 Å². The molecule has 2 aliphatic carbocycles. The number of fused-ring (bicyclic) bond motifs is 2. The Kier molecular flexibility index (Phi) is 3.27. The molecule has 0 aromatic heterocycles. The van der Waals surface area contributed by atoms with Gasteiger partial charge in [-0.15, -0.1) is 0 Å². The molecule has 1 nitrogen and oxygen atoms in total. The van der Waals surface area contributed by atoms with Crippen molar-refractivity contribution in [1.29, 1.82) is 0 Å². The first-order valence-electron chi connectivity index (χ1n) is 6.61. The van der Waals surface area contributed by atoms with Gasteiger partial charge in [-0.05, 0) is 55.2 Å². The monoisotopic (exact) mass is 310 g/mol. The second-order valence-corrected chi connectivity index (χ2v) is 6.60. The molecule has 3 heteroatoms. The minimum Gasteiger partial charge on any atom is -0.294 e. The summed E-state index contributed by atoms with van der Waals surface area (Å²) in [6.07, 6.45) is 5.59. The van der Waals surface area contributed by atoms with Crippen molar-refractivity contribution in [2.75, 3.05) is 0 Å². The van der Waals surface area contributed by atoms with Crippen LogP contribution in [0.15, 0.2) is 22.7 Å². The molecule has 3 rings (SSSR count). The average molecular weight is 311 g/mol. The Morgan fingerprint density at radius 2 is 2.17 bits per heavy atom. The zero-order valence-electron chi connectivity index (χ0n) is 10.2. The first kappa shape index (κ1) is 12.3. The molecule has 2 fully saturated rings. The minimum atomic E-state index is -0.397. The molecule has 0 aliphatic heterocycles. The number of halogens is 2. The van der Waals surface area contributed by atoms with E-state index in [2.05, 4.69) is 15.9 Å². The first-order valence-corrected chi connectivity index (χ1v) is 7.41. The van der Waals surface area contributed by atoms with E-state index in [1.165, 1.54) is 31.7 Å². The van der Waals surface area contributed by atoms with Gasteiger partial charge in [0.05, 0.1) is 5.56 Å². The maximum absolute atomic E-state index is 13.6. The third-order valence-corrected chi connectivity index (χ3v) is 5.05. The quantitative estimate of drug-likeness (QED) is 0.746. The molecular weight excluding hydrogens is 295 g/mol. The van der Waals surface area contributed by atoms with E-state index in [9.17, 15) is 9.18 Å². The Morgan fingerprint density at radius 3 is 2.83 bits per heavy atom. The summed E-state index contributed by atoms with van der Waals surface area (Å²) in [5.74, 6) is 1.61. The van der Waals surface area contributed by atoms with Gasteiger partial charge in [-0.1, -0.05) is 22.4 Å². The fraction of sp³-hybridized carbons (Fsp3) is 0.533. The Hall–Kier alpha value is -0.700. The fourth-order valence-electron chi connectivity index (χ4n) is 3.69. The van der Waals surface area contributed by atoms with E-state index in [0.717, 1.165) is 10.4 Å². The summed E-state index contributed by atoms with van der Waals surface area (Å²) in [7, 11) is 0. The molecule has 0 spiro atoms. The van der Waals surface area contributed by atoms with Crippen molar-refractivity contribution in [3.05, 3.63) is 34.1 Å². The highest BCUT2D eigenvalue weighted by molar-refractivity contribution is 9.10. The van der Waals surface area contributed by atoms with Gasteiger partial charge in [0.25, 0.3) is 0 Å². The van der Waals surface area contributed by atoms with Gasteiger partial charge < -0.3 is 0 Å². The highest BCUT2D eigenvalue weighted by Gasteiger charge is 2.40. The Balaban J connectivity index is 1.73. The average Bonchev–Trinajstić information content (AvgIpc) is 2.94. The van der Waals surface area contributed by atoms with Gasteiger partial charge in [-0.3, -0.25) is 4.79 Å². The van der Waals surface area contributed by atoms with Gasteiger partial charge in [0.15, 0.2) is 5.78 Å². The molecule has 3 unspecified atom stereocenters. The number of hydrogen-bond donors (Lipinski definition) is 0. The van der Waals surface area contributed by atoms with Crippen LogP contribution in [0.3, 0.4) is 0 Å². The lowest BCUT2D eigenvalue weighted by Crippen LogP contribution is -2.16. The standard InChI is InChI=1S/C15H16BrFO/c16-12-3-4-14(17)13(8-12)15(18)7-11-6-9-1-2-10(11)5-9/h3-4,8-11H,1-2,5-7H2. The molecule has 0 heterocycles. The van der Waals surface area contributed by atoms with Gasteiger partial charge in [-0.25, -0.2) is 4.39 Å². The molecule has 3 atom stereocenters. The molecule has 0 radical (unpaired) electrons. The predicted octanol–water partition coefficient (Wildman–Crippen LogP) is 4.60. The van der Waals surface area contributed by atoms with Gasteiger partial charge >= 0.3 is 0 Å². The van der Waals surface area contributed by atoms with E-state index in [1.807, 2.05) is 0 Å². The van der Waals surface area contributed by atoms with Crippen LogP contribution in [0.1, 0.15) is 42.5 Å². The predicted molar refractivity (Wildman–Crippen MR) is 72.0 cm³/mol. The maximum atomic E-state index is 13.6. The zero-order valence-corrected chi connectivity index (χ0v) is 11.7. The smallest absolute Gasteiger partial charge is 0.166 e. The summed E-state index contributed by atoms with van der Waals surface area (Å²) in [5, 5.41) is 0. The van der Waals surface area contributed by atoms with Crippen LogP contribution in [0.25, 0.3) is 0 Å². The maximum Gasteiger partial charge on any atom is 0.166 e. The summed E-state index contributed by atoms with van der Waals surface area (Å²) in [6.45, 7) is 0. The van der Waals surface area contributed by atoms with Gasteiger partial charge in [-0.2, -0.15) is 0 Å². The van der Waals surface area contributed by atoms with Crippen LogP contribution in [-0.4, -0.2) is 5.78 Å². The summed E-state index contributed by atoms with van der Waals surface area (Å²) in [5.41, 5.74) is 0.243. The van der Waals surface area contributed by atoms with E-state index in [4.69, 9.17) is 0 Å². The number of Topliss-reactive ketones (excluding diaryl/α,β-unsaturated/α-hetero) is 1. The molecule has 0 amide bonds. The lowest BCUT2D eigenvalue weighted by molar-refractivity contribution is 0.0940. The molecule has 0 N–H and O–H groups in total. The van der Waals surface area contributed by atoms with Crippen molar-refractivity contribution in [3.8, 4) is 0 Å². The van der Waals surface area contributed by atoms with Crippen LogP contribution in [0.2, 0.25) is 0 Å². The lowest BCUT2D eigenvalue weighted by Gasteiger charge is -2.20. The van der Waals surface area contributed by atoms with Crippen LogP contribution >= 0.6 is 15.9 Å². The third kappa shape index (κ3) is 2.25. The van der Waals surface area contributed by atoms with E-state index in [1.54, 1.807) is 12.1 Å². The van der Waals surface area contributed by atoms with Gasteiger partial charge in [0.1, 0.15) is 5.82 Å². The molecular formula is C15H16BrFO. The SMILES string of the molecule is O=C(CC1CC2CCC1C2)c1cc(Br)ccc1F. The topological polar surface area (TPSA) is 17.1 Å². The Labute approximate surface area is 115 Å². The van der Waals surface area contributed by atoms with Crippen molar-refractivity contribution >= 4 is 21.7 Å². The molecule has 1 aromatic rings. The highest BCUT2D eigenvalue weighted by atomic mass is 79.9. The summed E-state index contributed by atoms with van der Waals surface area (Å²) in [6, 6.07) is 4.59. The Bertz CT molecular complexity index is 485. The van der Waals surface area contributed by atoms with E-state index < -0.39 is 5.82 Å². The van der Waals surface area contributed by atoms with Crippen molar-refractivity contribution in [2.24, 2.45) is 17.8 Å². The second-order valence-electron chi connectivity index (χ2n) is 5.69. The molecule has 18 heavy (non-hydrogen) atoms. The van der Waals surface area contributed by atoms with Crippen molar-refractivity contribution in [2.45, 2.75) is 32.1 Å². The Morgan fingerprint density at radius 1 is 1.33 bits per heavy atom. The summed E-state index contributed by atoms with van der Waals surface area (Å²) >= 11 is 3.29. The number of carbonyl (C=O) groups is 1. The molecule has 96 valence electrons. The van der Waals surface area contributed by atoms with Crippen LogP contribution in [0.4, 0.5) is 4.39 Å². The summed E-state index contributed by atoms with van der Waals surface area (Å²) < 4.78 is 14.4. The number of rotatable bonds is 3. The molecule has 0 saturated heterocycles. The van der Waals surface area contributed by atoms with E-state index >= 15 is 0 Å². The van der Waals surface area contributed by atoms with Gasteiger partial charge in [0, 0.05) is 10.9 Å².